The molecule has 2 rings (SSSR count). The van der Waals surface area contributed by atoms with E-state index in [2.05, 4.69) is 9.47 Å². The van der Waals surface area contributed by atoms with Crippen LogP contribution in [0.1, 0.15) is 33.9 Å². The van der Waals surface area contributed by atoms with Crippen molar-refractivity contribution < 1.29 is 45.3 Å². The summed E-state index contributed by atoms with van der Waals surface area (Å²) < 4.78 is 58.5. The van der Waals surface area contributed by atoms with Gasteiger partial charge in [-0.25, -0.2) is 0 Å². The first kappa shape index (κ1) is 15.5. The van der Waals surface area contributed by atoms with E-state index in [0.717, 1.165) is 24.3 Å². The first-order valence-corrected chi connectivity index (χ1v) is 8.27. The van der Waals surface area contributed by atoms with Gasteiger partial charge in [0.1, 0.15) is 15.6 Å². The van der Waals surface area contributed by atoms with Crippen LogP contribution >= 0.6 is 0 Å². The maximum absolute atomic E-state index is 11.7. The highest BCUT2D eigenvalue weighted by molar-refractivity contribution is 5.81. The summed E-state index contributed by atoms with van der Waals surface area (Å²) in [4.78, 5) is 34.7. The second-order valence-electron chi connectivity index (χ2n) is 5.68. The zero-order valence-electron chi connectivity index (χ0n) is 20.7. The van der Waals surface area contributed by atoms with E-state index in [1.807, 2.05) is 0 Å². The minimum absolute atomic E-state index is 0.204. The number of phenols is 1. The molecule has 0 aliphatic rings. The van der Waals surface area contributed by atoms with E-state index in [0.29, 0.717) is 5.56 Å². The van der Waals surface area contributed by atoms with Crippen molar-refractivity contribution >= 4 is 18.2 Å². The molecule has 0 aliphatic carbocycles. The molecule has 154 valence electrons. The van der Waals surface area contributed by atoms with Gasteiger partial charge in [0.05, 0.1) is 41.9 Å². The van der Waals surface area contributed by atoms with Crippen molar-refractivity contribution in [2.45, 2.75) is 19.4 Å². The van der Waals surface area contributed by atoms with Crippen LogP contribution in [0, 0.1) is 0 Å². The fraction of sp³-hybridized carbons (Fsp3) is 0.286. The van der Waals surface area contributed by atoms with Gasteiger partial charge in [0.25, 0.3) is 0 Å². The normalized spacial score (nSPS) is 13.8. The first-order chi connectivity index (χ1) is 15.8. The zero-order valence-corrected chi connectivity index (χ0v) is 15.7. The van der Waals surface area contributed by atoms with Crippen LogP contribution in [0.4, 0.5) is 0 Å². The van der Waals surface area contributed by atoms with E-state index in [1.165, 1.54) is 26.4 Å². The standard InChI is InChI=1S/C21H22O8/c1-26-20(24)9-14-3-5-18(23)17(8-14)12-28-13-29-19-6-4-15(7-16(19)11-22)10-21(25)27-2/h3-8,11,23H,9-10,12-13H2,1-2H3/i11D,12D2,13D2. The second-order valence-corrected chi connectivity index (χ2v) is 5.68. The molecule has 2 aromatic rings. The van der Waals surface area contributed by atoms with Gasteiger partial charge in [0.15, 0.2) is 13.0 Å². The Morgan fingerprint density at radius 3 is 2.31 bits per heavy atom. The van der Waals surface area contributed by atoms with Crippen molar-refractivity contribution in [2.24, 2.45) is 0 Å². The van der Waals surface area contributed by atoms with Gasteiger partial charge >= 0.3 is 11.9 Å². The van der Waals surface area contributed by atoms with Crippen LogP contribution in [0.3, 0.4) is 0 Å². The number of carbonyl (C=O) groups is 3. The molecule has 0 saturated heterocycles. The number of methoxy groups -OCH3 is 2. The number of aromatic hydroxyl groups is 1. The summed E-state index contributed by atoms with van der Waals surface area (Å²) >= 11 is 0. The lowest BCUT2D eigenvalue weighted by Gasteiger charge is -2.11. The number of benzene rings is 2. The summed E-state index contributed by atoms with van der Waals surface area (Å²) in [5.41, 5.74) is -0.292. The van der Waals surface area contributed by atoms with Crippen molar-refractivity contribution in [1.82, 2.24) is 0 Å². The Morgan fingerprint density at radius 2 is 1.69 bits per heavy atom. The molecule has 8 nitrogen and oxygen atoms in total. The molecule has 0 aromatic heterocycles. The van der Waals surface area contributed by atoms with Crippen molar-refractivity contribution in [2.75, 3.05) is 21.0 Å². The highest BCUT2D eigenvalue weighted by atomic mass is 16.7. The van der Waals surface area contributed by atoms with Crippen LogP contribution in [0.2, 0.25) is 0 Å². The van der Waals surface area contributed by atoms with E-state index < -0.39 is 54.1 Å². The Balaban J connectivity index is 2.30. The average Bonchev–Trinajstić information content (AvgIpc) is 2.74. The smallest absolute Gasteiger partial charge is 0.309 e. The number of aldehydes is 1. The van der Waals surface area contributed by atoms with Crippen LogP contribution in [0.5, 0.6) is 11.5 Å². The molecular formula is C21H22O8. The summed E-state index contributed by atoms with van der Waals surface area (Å²) in [7, 11) is 2.36. The average molecular weight is 407 g/mol. The highest BCUT2D eigenvalue weighted by Crippen LogP contribution is 2.22. The monoisotopic (exact) mass is 407 g/mol. The van der Waals surface area contributed by atoms with Crippen LogP contribution in [0.15, 0.2) is 36.4 Å². The maximum atomic E-state index is 11.7. The Bertz CT molecular complexity index is 1090. The summed E-state index contributed by atoms with van der Waals surface area (Å²) in [6.45, 7) is -6.13. The van der Waals surface area contributed by atoms with Gasteiger partial charge in [-0.05, 0) is 35.4 Å². The van der Waals surface area contributed by atoms with E-state index in [9.17, 15) is 19.5 Å². The number of phenolic OH excluding ortho intramolecular Hbond substituents is 1. The van der Waals surface area contributed by atoms with Gasteiger partial charge in [-0.15, -0.1) is 0 Å². The van der Waals surface area contributed by atoms with E-state index >= 15 is 0 Å². The van der Waals surface area contributed by atoms with Gasteiger partial charge < -0.3 is 24.1 Å². The van der Waals surface area contributed by atoms with Gasteiger partial charge in [0.2, 0.25) is 0 Å². The Morgan fingerprint density at radius 1 is 1.07 bits per heavy atom. The Hall–Kier alpha value is -3.39. The lowest BCUT2D eigenvalue weighted by Crippen LogP contribution is -2.08. The molecule has 0 radical (unpaired) electrons. The van der Waals surface area contributed by atoms with Crippen LogP contribution in [-0.2, 0) is 43.2 Å². The van der Waals surface area contributed by atoms with Crippen molar-refractivity contribution in [3.05, 3.63) is 58.7 Å². The molecule has 0 fully saturated rings. The molecule has 0 bridgehead atoms. The quantitative estimate of drug-likeness (QED) is 0.363. The maximum Gasteiger partial charge on any atom is 0.309 e. The molecule has 0 aliphatic heterocycles. The largest absolute Gasteiger partial charge is 0.508 e. The highest BCUT2D eigenvalue weighted by Gasteiger charge is 2.10. The molecular weight excluding hydrogens is 380 g/mol. The third-order valence-electron chi connectivity index (χ3n) is 3.72. The number of rotatable bonds is 10. The molecule has 0 spiro atoms. The first-order valence-electron chi connectivity index (χ1n) is 10.8. The van der Waals surface area contributed by atoms with Crippen LogP contribution in [-0.4, -0.2) is 44.3 Å². The molecule has 0 unspecified atom stereocenters. The minimum atomic E-state index is -3.18. The topological polar surface area (TPSA) is 108 Å². The molecule has 2 aromatic carbocycles. The van der Waals surface area contributed by atoms with Crippen LogP contribution < -0.4 is 4.74 Å². The lowest BCUT2D eigenvalue weighted by atomic mass is 10.1. The Labute approximate surface area is 175 Å². The fourth-order valence-corrected chi connectivity index (χ4v) is 2.25. The third kappa shape index (κ3) is 6.62. The zero-order chi connectivity index (χ0) is 25.7. The summed E-state index contributed by atoms with van der Waals surface area (Å²) in [6.07, 6.45) is -1.67. The minimum Gasteiger partial charge on any atom is -0.508 e. The SMILES string of the molecule is [2H]C(=O)c1cc(CC(=O)OC)ccc1OC([2H])([2H])OC([2H])([2H])c1cc(CC(=O)OC)ccc1O. The predicted octanol–water partition coefficient (Wildman–Crippen LogP) is 2.19. The third-order valence-corrected chi connectivity index (χ3v) is 3.72. The van der Waals surface area contributed by atoms with Crippen molar-refractivity contribution in [3.8, 4) is 11.5 Å². The molecule has 0 heterocycles. The molecule has 0 saturated carbocycles. The second kappa shape index (κ2) is 10.8. The molecule has 0 atom stereocenters. The predicted molar refractivity (Wildman–Crippen MR) is 102 cm³/mol. The van der Waals surface area contributed by atoms with Gasteiger partial charge in [-0.1, -0.05) is 12.1 Å². The number of hydrogen-bond donors (Lipinski definition) is 1. The van der Waals surface area contributed by atoms with E-state index in [-0.39, 0.29) is 18.4 Å². The summed E-state index contributed by atoms with van der Waals surface area (Å²) in [6, 6.07) is 7.20. The number of hydrogen-bond acceptors (Lipinski definition) is 8. The van der Waals surface area contributed by atoms with Gasteiger partial charge in [-0.2, -0.15) is 0 Å². The number of ether oxygens (including phenoxy) is 4. The van der Waals surface area contributed by atoms with Crippen LogP contribution in [0.25, 0.3) is 0 Å². The van der Waals surface area contributed by atoms with Crippen molar-refractivity contribution in [3.63, 3.8) is 0 Å². The van der Waals surface area contributed by atoms with Gasteiger partial charge in [0, 0.05) is 5.56 Å². The van der Waals surface area contributed by atoms with E-state index in [4.69, 9.17) is 16.3 Å². The van der Waals surface area contributed by atoms with Crippen molar-refractivity contribution in [1.29, 1.82) is 0 Å². The molecule has 29 heavy (non-hydrogen) atoms. The summed E-state index contributed by atoms with van der Waals surface area (Å²) in [5.74, 6) is -2.21. The number of carbonyl (C=O) groups excluding carboxylic acids is 3. The fourth-order valence-electron chi connectivity index (χ4n) is 2.25. The Kier molecular flexibility index (Phi) is 5.79. The molecule has 1 N–H and O–H groups in total. The number of esters is 2. The van der Waals surface area contributed by atoms with Gasteiger partial charge in [-0.3, -0.25) is 14.4 Å². The molecule has 8 heteroatoms. The van der Waals surface area contributed by atoms with E-state index in [1.54, 1.807) is 0 Å². The summed E-state index contributed by atoms with van der Waals surface area (Å²) in [5, 5.41) is 10.1. The molecule has 0 amide bonds. The lowest BCUT2D eigenvalue weighted by molar-refractivity contribution is -0.140.